The molecule has 5 nitrogen and oxygen atoms in total. The maximum absolute atomic E-state index is 12.0. The molecule has 0 atom stereocenters. The van der Waals surface area contributed by atoms with Crippen molar-refractivity contribution in [2.24, 2.45) is 0 Å². The molecule has 0 spiro atoms. The molecule has 1 N–H and O–H groups in total. The van der Waals surface area contributed by atoms with Gasteiger partial charge in [-0.3, -0.25) is 9.69 Å². The number of likely N-dealkylation sites (N-methyl/N-ethyl adjacent to an activating group) is 1. The van der Waals surface area contributed by atoms with Crippen LogP contribution in [0.25, 0.3) is 11.8 Å². The number of nitrogens with zero attached hydrogens (tertiary/aromatic N) is 2. The summed E-state index contributed by atoms with van der Waals surface area (Å²) in [6, 6.07) is 7.79. The van der Waals surface area contributed by atoms with Crippen molar-refractivity contribution in [1.82, 2.24) is 14.8 Å². The second-order valence-electron chi connectivity index (χ2n) is 5.95. The van der Waals surface area contributed by atoms with E-state index < -0.39 is 6.03 Å². The number of urea groups is 1. The van der Waals surface area contributed by atoms with Gasteiger partial charge in [-0.05, 0) is 62.2 Å². The van der Waals surface area contributed by atoms with Gasteiger partial charge in [-0.15, -0.1) is 0 Å². The van der Waals surface area contributed by atoms with E-state index in [0.717, 1.165) is 37.6 Å². The maximum Gasteiger partial charge on any atom is 0.328 e. The van der Waals surface area contributed by atoms with Crippen molar-refractivity contribution in [2.45, 2.75) is 20.8 Å². The summed E-state index contributed by atoms with van der Waals surface area (Å²) < 4.78 is 3.20. The van der Waals surface area contributed by atoms with Crippen LogP contribution in [0.4, 0.5) is 4.79 Å². The Hall–Kier alpha value is -2.34. The van der Waals surface area contributed by atoms with Gasteiger partial charge in [0, 0.05) is 28.6 Å². The molecular weight excluding hydrogens is 370 g/mol. The Labute approximate surface area is 149 Å². The molecule has 0 aliphatic carbocycles. The minimum atomic E-state index is -0.399. The number of halogens is 1. The van der Waals surface area contributed by atoms with Crippen LogP contribution in [0.15, 0.2) is 34.4 Å². The van der Waals surface area contributed by atoms with Gasteiger partial charge in [-0.2, -0.15) is 0 Å². The van der Waals surface area contributed by atoms with Gasteiger partial charge >= 0.3 is 6.03 Å². The third-order valence-electron chi connectivity index (χ3n) is 4.25. The molecule has 1 aliphatic rings. The zero-order chi connectivity index (χ0) is 17.6. The molecule has 24 heavy (non-hydrogen) atoms. The number of benzene rings is 1. The fraction of sp³-hybridized carbons (Fsp3) is 0.222. The molecule has 0 unspecified atom stereocenters. The van der Waals surface area contributed by atoms with E-state index in [2.05, 4.69) is 31.9 Å². The summed E-state index contributed by atoms with van der Waals surface area (Å²) in [5, 5.41) is 2.60. The van der Waals surface area contributed by atoms with Crippen LogP contribution in [0.2, 0.25) is 0 Å². The highest BCUT2D eigenvalue weighted by Crippen LogP contribution is 2.26. The highest BCUT2D eigenvalue weighted by Gasteiger charge is 2.30. The molecule has 0 radical (unpaired) electrons. The highest BCUT2D eigenvalue weighted by atomic mass is 79.9. The van der Waals surface area contributed by atoms with Crippen LogP contribution in [0.3, 0.4) is 0 Å². The maximum atomic E-state index is 12.0. The Morgan fingerprint density at radius 3 is 2.42 bits per heavy atom. The minimum Gasteiger partial charge on any atom is -0.318 e. The lowest BCUT2D eigenvalue weighted by molar-refractivity contribution is -0.121. The monoisotopic (exact) mass is 387 g/mol. The summed E-state index contributed by atoms with van der Waals surface area (Å²) >= 11 is 3.52. The molecule has 2 heterocycles. The Kier molecular flexibility index (Phi) is 4.09. The van der Waals surface area contributed by atoms with Crippen LogP contribution in [0.1, 0.15) is 22.5 Å². The molecule has 3 amide bonds. The normalized spacial score (nSPS) is 16.2. The molecule has 1 aliphatic heterocycles. The van der Waals surface area contributed by atoms with Gasteiger partial charge in [-0.25, -0.2) is 4.79 Å². The van der Waals surface area contributed by atoms with E-state index in [1.54, 1.807) is 6.08 Å². The summed E-state index contributed by atoms with van der Waals surface area (Å²) in [6.45, 7) is 6.07. The van der Waals surface area contributed by atoms with Crippen molar-refractivity contribution in [2.75, 3.05) is 7.05 Å². The number of rotatable bonds is 2. The van der Waals surface area contributed by atoms with E-state index in [0.29, 0.717) is 5.70 Å². The number of amides is 3. The average Bonchev–Trinajstić information content (AvgIpc) is 2.94. The predicted octanol–water partition coefficient (Wildman–Crippen LogP) is 3.69. The second-order valence-corrected chi connectivity index (χ2v) is 6.80. The quantitative estimate of drug-likeness (QED) is 0.630. The van der Waals surface area contributed by atoms with Crippen LogP contribution in [-0.4, -0.2) is 28.5 Å². The SMILES string of the molecule is Cc1cc(-n2c(C)cc(/C=C3/NC(=O)N(C)C3=O)c2C)ccc1Br. The number of carbonyl (C=O) groups is 2. The van der Waals surface area contributed by atoms with Crippen molar-refractivity contribution in [1.29, 1.82) is 0 Å². The lowest BCUT2D eigenvalue weighted by Gasteiger charge is -2.11. The Balaban J connectivity index is 2.06. The van der Waals surface area contributed by atoms with Gasteiger partial charge in [0.1, 0.15) is 5.70 Å². The van der Waals surface area contributed by atoms with Gasteiger partial charge in [-0.1, -0.05) is 15.9 Å². The zero-order valence-electron chi connectivity index (χ0n) is 14.0. The van der Waals surface area contributed by atoms with Gasteiger partial charge in [0.05, 0.1) is 0 Å². The first-order chi connectivity index (χ1) is 11.3. The van der Waals surface area contributed by atoms with E-state index in [1.807, 2.05) is 39.0 Å². The van der Waals surface area contributed by atoms with Crippen LogP contribution in [-0.2, 0) is 4.79 Å². The zero-order valence-corrected chi connectivity index (χ0v) is 15.6. The van der Waals surface area contributed by atoms with E-state index in [1.165, 1.54) is 7.05 Å². The van der Waals surface area contributed by atoms with E-state index in [9.17, 15) is 9.59 Å². The molecule has 0 bridgehead atoms. The van der Waals surface area contributed by atoms with Crippen LogP contribution >= 0.6 is 15.9 Å². The number of aromatic nitrogens is 1. The summed E-state index contributed by atoms with van der Waals surface area (Å²) in [6.07, 6.45) is 1.73. The number of imide groups is 1. The standard InChI is InChI=1S/C18H18BrN3O2/c1-10-7-14(5-6-15(10)19)22-11(2)8-13(12(22)3)9-16-17(23)21(4)18(24)20-16/h5-9H,1-4H3,(H,20,24)/b16-9+. The van der Waals surface area contributed by atoms with Crippen LogP contribution < -0.4 is 5.32 Å². The smallest absolute Gasteiger partial charge is 0.318 e. The van der Waals surface area contributed by atoms with Gasteiger partial charge in [0.15, 0.2) is 0 Å². The van der Waals surface area contributed by atoms with Crippen LogP contribution in [0, 0.1) is 20.8 Å². The molecule has 0 saturated carbocycles. The van der Waals surface area contributed by atoms with Crippen LogP contribution in [0.5, 0.6) is 0 Å². The van der Waals surface area contributed by atoms with Crippen molar-refractivity contribution in [3.63, 3.8) is 0 Å². The van der Waals surface area contributed by atoms with Crippen molar-refractivity contribution in [3.05, 3.63) is 56.9 Å². The molecule has 2 aromatic rings. The van der Waals surface area contributed by atoms with Gasteiger partial charge < -0.3 is 9.88 Å². The number of hydrogen-bond acceptors (Lipinski definition) is 2. The van der Waals surface area contributed by atoms with E-state index >= 15 is 0 Å². The Bertz CT molecular complexity index is 896. The summed E-state index contributed by atoms with van der Waals surface area (Å²) in [7, 11) is 1.46. The highest BCUT2D eigenvalue weighted by molar-refractivity contribution is 9.10. The topological polar surface area (TPSA) is 54.3 Å². The molecule has 1 aromatic heterocycles. The summed E-state index contributed by atoms with van der Waals surface area (Å²) in [5.74, 6) is -0.315. The molecule has 1 aromatic carbocycles. The first-order valence-electron chi connectivity index (χ1n) is 7.56. The van der Waals surface area contributed by atoms with Gasteiger partial charge in [0.25, 0.3) is 5.91 Å². The molecule has 124 valence electrons. The number of hydrogen-bond donors (Lipinski definition) is 1. The molecule has 1 saturated heterocycles. The third kappa shape index (κ3) is 2.67. The minimum absolute atomic E-state index is 0.301. The molecule has 6 heteroatoms. The fourth-order valence-electron chi connectivity index (χ4n) is 2.88. The number of nitrogens with one attached hydrogen (secondary N) is 1. The second kappa shape index (κ2) is 5.94. The first kappa shape index (κ1) is 16.5. The summed E-state index contributed by atoms with van der Waals surface area (Å²) in [4.78, 5) is 24.7. The molecular formula is C18H18BrN3O2. The first-order valence-corrected chi connectivity index (χ1v) is 8.35. The summed E-state index contributed by atoms with van der Waals surface area (Å²) in [5.41, 5.74) is 5.50. The third-order valence-corrected chi connectivity index (χ3v) is 5.14. The average molecular weight is 388 g/mol. The van der Waals surface area contributed by atoms with Crippen molar-refractivity contribution in [3.8, 4) is 5.69 Å². The fourth-order valence-corrected chi connectivity index (χ4v) is 3.12. The van der Waals surface area contributed by atoms with E-state index in [4.69, 9.17) is 0 Å². The lowest BCUT2D eigenvalue weighted by atomic mass is 10.2. The largest absolute Gasteiger partial charge is 0.328 e. The van der Waals surface area contributed by atoms with Gasteiger partial charge in [0.2, 0.25) is 0 Å². The number of carbonyl (C=O) groups excluding carboxylic acids is 2. The predicted molar refractivity (Wildman–Crippen MR) is 97.0 cm³/mol. The molecule has 3 rings (SSSR count). The van der Waals surface area contributed by atoms with E-state index in [-0.39, 0.29) is 5.91 Å². The Morgan fingerprint density at radius 2 is 1.83 bits per heavy atom. The van der Waals surface area contributed by atoms with Crippen molar-refractivity contribution < 1.29 is 9.59 Å². The van der Waals surface area contributed by atoms with Crippen molar-refractivity contribution >= 4 is 33.9 Å². The Morgan fingerprint density at radius 1 is 1.12 bits per heavy atom. The number of aryl methyl sites for hydroxylation is 2. The lowest BCUT2D eigenvalue weighted by Crippen LogP contribution is -2.25. The molecule has 1 fully saturated rings.